The van der Waals surface area contributed by atoms with Crippen LogP contribution in [-0.4, -0.2) is 12.1 Å². The van der Waals surface area contributed by atoms with E-state index in [1.807, 2.05) is 0 Å². The van der Waals surface area contributed by atoms with E-state index in [1.165, 1.54) is 25.7 Å². The lowest BCUT2D eigenvalue weighted by atomic mass is 9.90. The minimum Gasteiger partial charge on any atom is -0.462 e. The highest BCUT2D eigenvalue weighted by Gasteiger charge is 2.50. The van der Waals surface area contributed by atoms with Gasteiger partial charge in [0.05, 0.1) is 0 Å². The van der Waals surface area contributed by atoms with Crippen molar-refractivity contribution in [2.75, 3.05) is 0 Å². The number of hydrogen-bond donors (Lipinski definition) is 0. The standard InChI is InChI=1S/C10H14O2/c11-10-5-6-4-9(12-10)8-3-1-2-7(6)8/h6-9H,1-5H2/t6-,7-,8-,9-/m1/s1. The summed E-state index contributed by atoms with van der Waals surface area (Å²) in [6.07, 6.45) is 6.20. The summed E-state index contributed by atoms with van der Waals surface area (Å²) in [5.41, 5.74) is 0. The van der Waals surface area contributed by atoms with Gasteiger partial charge in [-0.15, -0.1) is 0 Å². The maximum atomic E-state index is 11.1. The topological polar surface area (TPSA) is 26.3 Å². The smallest absolute Gasteiger partial charge is 0.306 e. The van der Waals surface area contributed by atoms with Gasteiger partial charge >= 0.3 is 5.97 Å². The van der Waals surface area contributed by atoms with Gasteiger partial charge in [0, 0.05) is 6.42 Å². The minimum atomic E-state index is 0.0608. The van der Waals surface area contributed by atoms with Gasteiger partial charge in [-0.3, -0.25) is 4.79 Å². The van der Waals surface area contributed by atoms with Crippen molar-refractivity contribution in [3.63, 3.8) is 0 Å². The van der Waals surface area contributed by atoms with E-state index in [4.69, 9.17) is 4.74 Å². The molecule has 1 aliphatic heterocycles. The van der Waals surface area contributed by atoms with Crippen LogP contribution in [0.5, 0.6) is 0 Å². The highest BCUT2D eigenvalue weighted by molar-refractivity contribution is 5.71. The second kappa shape index (κ2) is 2.24. The first-order chi connectivity index (χ1) is 5.84. The van der Waals surface area contributed by atoms with Crippen LogP contribution < -0.4 is 0 Å². The molecule has 3 rings (SSSR count). The van der Waals surface area contributed by atoms with Crippen LogP contribution in [-0.2, 0) is 9.53 Å². The molecule has 2 heteroatoms. The average Bonchev–Trinajstić information content (AvgIpc) is 2.56. The molecule has 0 spiro atoms. The molecule has 3 fully saturated rings. The van der Waals surface area contributed by atoms with Gasteiger partial charge in [-0.1, -0.05) is 6.42 Å². The number of fused-ring (bicyclic) bond motifs is 5. The first-order valence-electron chi connectivity index (χ1n) is 5.04. The third kappa shape index (κ3) is 0.782. The van der Waals surface area contributed by atoms with Crippen LogP contribution in [0.15, 0.2) is 0 Å². The van der Waals surface area contributed by atoms with Gasteiger partial charge in [-0.25, -0.2) is 0 Å². The maximum Gasteiger partial charge on any atom is 0.306 e. The second-order valence-electron chi connectivity index (χ2n) is 4.49. The molecule has 0 N–H and O–H groups in total. The largest absolute Gasteiger partial charge is 0.462 e. The molecule has 1 saturated heterocycles. The summed E-state index contributed by atoms with van der Waals surface area (Å²) in [7, 11) is 0. The Morgan fingerprint density at radius 1 is 1.25 bits per heavy atom. The van der Waals surface area contributed by atoms with Gasteiger partial charge in [0.15, 0.2) is 0 Å². The fraction of sp³-hybridized carbons (Fsp3) is 0.900. The van der Waals surface area contributed by atoms with Gasteiger partial charge in [-0.2, -0.15) is 0 Å². The molecule has 0 unspecified atom stereocenters. The van der Waals surface area contributed by atoms with Crippen LogP contribution in [0, 0.1) is 17.8 Å². The Labute approximate surface area is 72.3 Å². The van der Waals surface area contributed by atoms with E-state index < -0.39 is 0 Å². The predicted octanol–water partition coefficient (Wildman–Crippen LogP) is 1.74. The molecule has 0 aromatic heterocycles. The van der Waals surface area contributed by atoms with Crippen molar-refractivity contribution in [2.45, 2.75) is 38.2 Å². The van der Waals surface area contributed by atoms with Crippen molar-refractivity contribution in [2.24, 2.45) is 17.8 Å². The third-order valence-corrected chi connectivity index (χ3v) is 3.95. The van der Waals surface area contributed by atoms with E-state index in [-0.39, 0.29) is 5.97 Å². The van der Waals surface area contributed by atoms with Crippen LogP contribution in [0.25, 0.3) is 0 Å². The van der Waals surface area contributed by atoms with Gasteiger partial charge in [0.25, 0.3) is 0 Å². The third-order valence-electron chi connectivity index (χ3n) is 3.95. The molecule has 2 nitrogen and oxygen atoms in total. The fourth-order valence-corrected chi connectivity index (χ4v) is 3.51. The Balaban J connectivity index is 1.90. The first kappa shape index (κ1) is 6.93. The highest BCUT2D eigenvalue weighted by atomic mass is 16.5. The number of carbonyl (C=O) groups is 1. The SMILES string of the molecule is O=C1C[C@H]2C[C@@H](O1)[C@@H]1CCC[C@H]21. The van der Waals surface area contributed by atoms with Gasteiger partial charge in [-0.05, 0) is 37.0 Å². The lowest BCUT2D eigenvalue weighted by Crippen LogP contribution is -2.25. The monoisotopic (exact) mass is 166 g/mol. The lowest BCUT2D eigenvalue weighted by molar-refractivity contribution is -0.154. The number of hydrogen-bond acceptors (Lipinski definition) is 2. The number of ether oxygens (including phenoxy) is 1. The fourth-order valence-electron chi connectivity index (χ4n) is 3.51. The number of esters is 1. The summed E-state index contributed by atoms with van der Waals surface area (Å²) in [6, 6.07) is 0. The van der Waals surface area contributed by atoms with Crippen molar-refractivity contribution in [1.82, 2.24) is 0 Å². The van der Waals surface area contributed by atoms with Crippen molar-refractivity contribution < 1.29 is 9.53 Å². The van der Waals surface area contributed by atoms with Crippen molar-refractivity contribution in [1.29, 1.82) is 0 Å². The molecule has 3 aliphatic rings. The predicted molar refractivity (Wildman–Crippen MR) is 43.4 cm³/mol. The Bertz CT molecular complexity index is 204. The average molecular weight is 166 g/mol. The highest BCUT2D eigenvalue weighted by Crippen LogP contribution is 2.52. The number of carbonyl (C=O) groups excluding carboxylic acids is 1. The van der Waals surface area contributed by atoms with E-state index in [9.17, 15) is 4.79 Å². The Morgan fingerprint density at radius 2 is 2.08 bits per heavy atom. The van der Waals surface area contributed by atoms with E-state index in [2.05, 4.69) is 0 Å². The van der Waals surface area contributed by atoms with E-state index in [0.29, 0.717) is 18.4 Å². The molecular weight excluding hydrogens is 152 g/mol. The molecule has 0 aromatic carbocycles. The normalized spacial score (nSPS) is 50.5. The van der Waals surface area contributed by atoms with Gasteiger partial charge in [0.1, 0.15) is 6.10 Å². The van der Waals surface area contributed by atoms with Crippen molar-refractivity contribution >= 4 is 5.97 Å². The molecule has 0 aromatic rings. The maximum absolute atomic E-state index is 11.1. The van der Waals surface area contributed by atoms with Gasteiger partial charge < -0.3 is 4.74 Å². The van der Waals surface area contributed by atoms with Gasteiger partial charge in [0.2, 0.25) is 0 Å². The van der Waals surface area contributed by atoms with Crippen LogP contribution in [0.2, 0.25) is 0 Å². The molecule has 2 saturated carbocycles. The van der Waals surface area contributed by atoms with Crippen molar-refractivity contribution in [3.05, 3.63) is 0 Å². The molecule has 66 valence electrons. The summed E-state index contributed by atoms with van der Waals surface area (Å²) in [5.74, 6) is 2.32. The summed E-state index contributed by atoms with van der Waals surface area (Å²) >= 11 is 0. The summed E-state index contributed by atoms with van der Waals surface area (Å²) in [4.78, 5) is 11.1. The molecule has 0 amide bonds. The lowest BCUT2D eigenvalue weighted by Gasteiger charge is -2.21. The summed E-state index contributed by atoms with van der Waals surface area (Å²) in [6.45, 7) is 0. The van der Waals surface area contributed by atoms with Crippen LogP contribution in [0.4, 0.5) is 0 Å². The first-order valence-corrected chi connectivity index (χ1v) is 5.04. The minimum absolute atomic E-state index is 0.0608. The molecule has 12 heavy (non-hydrogen) atoms. The van der Waals surface area contributed by atoms with E-state index in [1.54, 1.807) is 0 Å². The van der Waals surface area contributed by atoms with Crippen molar-refractivity contribution in [3.8, 4) is 0 Å². The zero-order chi connectivity index (χ0) is 8.13. The summed E-state index contributed by atoms with van der Waals surface area (Å²) in [5, 5.41) is 0. The Kier molecular flexibility index (Phi) is 1.29. The van der Waals surface area contributed by atoms with Crippen LogP contribution in [0.3, 0.4) is 0 Å². The molecule has 2 aliphatic carbocycles. The molecule has 4 atom stereocenters. The van der Waals surface area contributed by atoms with Crippen LogP contribution >= 0.6 is 0 Å². The quantitative estimate of drug-likeness (QED) is 0.512. The zero-order valence-electron chi connectivity index (χ0n) is 7.16. The van der Waals surface area contributed by atoms with Crippen LogP contribution in [0.1, 0.15) is 32.1 Å². The van der Waals surface area contributed by atoms with E-state index in [0.717, 1.165) is 11.8 Å². The summed E-state index contributed by atoms with van der Waals surface area (Å²) < 4.78 is 5.35. The molecule has 1 heterocycles. The zero-order valence-corrected chi connectivity index (χ0v) is 7.16. The molecule has 2 bridgehead atoms. The Morgan fingerprint density at radius 3 is 3.00 bits per heavy atom. The second-order valence-corrected chi connectivity index (χ2v) is 4.49. The van der Waals surface area contributed by atoms with E-state index >= 15 is 0 Å². The number of rotatable bonds is 0. The molecular formula is C10H14O2. The Hall–Kier alpha value is -0.530. The molecule has 0 radical (unpaired) electrons.